The lowest BCUT2D eigenvalue weighted by Gasteiger charge is -2.37. The number of carbonyl (C=O) groups excluding carboxylic acids is 1. The van der Waals surface area contributed by atoms with E-state index in [1.54, 1.807) is 7.11 Å². The topological polar surface area (TPSA) is 35.5 Å². The number of hydrogen-bond donors (Lipinski definition) is 0. The molecule has 3 nitrogen and oxygen atoms in total. The first-order valence-corrected chi connectivity index (χ1v) is 8.31. The van der Waals surface area contributed by atoms with E-state index in [0.717, 1.165) is 18.4 Å². The summed E-state index contributed by atoms with van der Waals surface area (Å²) in [4.78, 5) is 12.6. The Kier molecular flexibility index (Phi) is 6.01. The normalized spacial score (nSPS) is 26.7. The van der Waals surface area contributed by atoms with Gasteiger partial charge in [0.15, 0.2) is 6.10 Å². The lowest BCUT2D eigenvalue weighted by molar-refractivity contribution is -0.168. The fraction of sp³-hybridized carbons (Fsp3) is 0.632. The summed E-state index contributed by atoms with van der Waals surface area (Å²) >= 11 is 0. The van der Waals surface area contributed by atoms with Crippen molar-refractivity contribution in [3.05, 3.63) is 35.9 Å². The van der Waals surface area contributed by atoms with Gasteiger partial charge in [-0.15, -0.1) is 0 Å². The van der Waals surface area contributed by atoms with Crippen LogP contribution < -0.4 is 0 Å². The SMILES string of the molecule is CO[C@H](C(=O)O[C@@H]1C[C@H](C)CC[C@H]1C(C)C)c1ccccc1. The van der Waals surface area contributed by atoms with Gasteiger partial charge in [-0.1, -0.05) is 57.5 Å². The third-order valence-electron chi connectivity index (χ3n) is 4.78. The van der Waals surface area contributed by atoms with Crippen LogP contribution in [0.25, 0.3) is 0 Å². The molecule has 0 bridgehead atoms. The average molecular weight is 304 g/mol. The molecule has 0 saturated heterocycles. The van der Waals surface area contributed by atoms with E-state index in [1.807, 2.05) is 30.3 Å². The van der Waals surface area contributed by atoms with Crippen molar-refractivity contribution in [2.24, 2.45) is 17.8 Å². The standard InChI is InChI=1S/C19H28O3/c1-13(2)16-11-10-14(3)12-17(16)22-19(20)18(21-4)15-8-6-5-7-9-15/h5-9,13-14,16-18H,10-12H2,1-4H3/t14-,16+,17-,18+/m1/s1. The summed E-state index contributed by atoms with van der Waals surface area (Å²) in [6.45, 7) is 6.67. The van der Waals surface area contributed by atoms with Crippen LogP contribution in [0.4, 0.5) is 0 Å². The van der Waals surface area contributed by atoms with Gasteiger partial charge >= 0.3 is 5.97 Å². The van der Waals surface area contributed by atoms with Crippen molar-refractivity contribution in [2.45, 2.75) is 52.2 Å². The summed E-state index contributed by atoms with van der Waals surface area (Å²) in [5, 5.41) is 0. The third kappa shape index (κ3) is 4.10. The Balaban J connectivity index is 2.08. The molecule has 3 heteroatoms. The second kappa shape index (κ2) is 7.77. The van der Waals surface area contributed by atoms with Crippen LogP contribution in [0.3, 0.4) is 0 Å². The van der Waals surface area contributed by atoms with Crippen LogP contribution in [0.1, 0.15) is 51.7 Å². The van der Waals surface area contributed by atoms with Crippen LogP contribution in [0.2, 0.25) is 0 Å². The molecule has 0 radical (unpaired) electrons. The molecule has 122 valence electrons. The fourth-order valence-corrected chi connectivity index (χ4v) is 3.46. The maximum Gasteiger partial charge on any atom is 0.340 e. The van der Waals surface area contributed by atoms with Crippen molar-refractivity contribution < 1.29 is 14.3 Å². The van der Waals surface area contributed by atoms with Gasteiger partial charge in [0, 0.05) is 7.11 Å². The van der Waals surface area contributed by atoms with Crippen molar-refractivity contribution in [3.63, 3.8) is 0 Å². The number of benzene rings is 1. The Hall–Kier alpha value is -1.35. The number of esters is 1. The van der Waals surface area contributed by atoms with Crippen molar-refractivity contribution in [2.75, 3.05) is 7.11 Å². The molecule has 22 heavy (non-hydrogen) atoms. The van der Waals surface area contributed by atoms with Gasteiger partial charge in [0.1, 0.15) is 6.10 Å². The van der Waals surface area contributed by atoms with Gasteiger partial charge in [-0.2, -0.15) is 0 Å². The van der Waals surface area contributed by atoms with E-state index < -0.39 is 6.10 Å². The number of carbonyl (C=O) groups is 1. The first-order valence-electron chi connectivity index (χ1n) is 8.31. The highest BCUT2D eigenvalue weighted by Gasteiger charge is 2.35. The first kappa shape index (κ1) is 17.0. The minimum Gasteiger partial charge on any atom is -0.460 e. The predicted molar refractivity (Wildman–Crippen MR) is 87.4 cm³/mol. The van der Waals surface area contributed by atoms with Crippen LogP contribution in [0.15, 0.2) is 30.3 Å². The minimum atomic E-state index is -0.633. The quantitative estimate of drug-likeness (QED) is 0.757. The Morgan fingerprint density at radius 2 is 1.86 bits per heavy atom. The molecule has 0 amide bonds. The Morgan fingerprint density at radius 3 is 2.45 bits per heavy atom. The Labute approximate surface area is 134 Å². The molecule has 1 fully saturated rings. The fourth-order valence-electron chi connectivity index (χ4n) is 3.46. The van der Waals surface area contributed by atoms with Crippen molar-refractivity contribution in [3.8, 4) is 0 Å². The van der Waals surface area contributed by atoms with E-state index >= 15 is 0 Å². The number of hydrogen-bond acceptors (Lipinski definition) is 3. The molecule has 1 saturated carbocycles. The zero-order chi connectivity index (χ0) is 16.1. The summed E-state index contributed by atoms with van der Waals surface area (Å²) in [6.07, 6.45) is 2.70. The van der Waals surface area contributed by atoms with Gasteiger partial charge in [0.05, 0.1) is 0 Å². The highest BCUT2D eigenvalue weighted by atomic mass is 16.6. The van der Waals surface area contributed by atoms with Crippen molar-refractivity contribution >= 4 is 5.97 Å². The lowest BCUT2D eigenvalue weighted by atomic mass is 9.75. The Morgan fingerprint density at radius 1 is 1.18 bits per heavy atom. The largest absolute Gasteiger partial charge is 0.460 e. The maximum atomic E-state index is 12.6. The molecule has 0 unspecified atom stereocenters. The predicted octanol–water partition coefficient (Wildman–Crippen LogP) is 4.38. The summed E-state index contributed by atoms with van der Waals surface area (Å²) in [5.74, 6) is 1.33. The lowest BCUT2D eigenvalue weighted by Crippen LogP contribution is -2.37. The molecule has 1 aromatic rings. The molecule has 0 heterocycles. The van der Waals surface area contributed by atoms with Crippen LogP contribution >= 0.6 is 0 Å². The molecule has 0 aliphatic heterocycles. The summed E-state index contributed by atoms with van der Waals surface area (Å²) in [5.41, 5.74) is 0.847. The number of rotatable bonds is 5. The van der Waals surface area contributed by atoms with Gasteiger partial charge in [-0.25, -0.2) is 4.79 Å². The van der Waals surface area contributed by atoms with E-state index in [-0.39, 0.29) is 12.1 Å². The Bertz CT molecular complexity index is 469. The zero-order valence-electron chi connectivity index (χ0n) is 14.1. The molecule has 1 aromatic carbocycles. The molecule has 0 aromatic heterocycles. The van der Waals surface area contributed by atoms with Crippen molar-refractivity contribution in [1.29, 1.82) is 0 Å². The number of ether oxygens (including phenoxy) is 2. The smallest absolute Gasteiger partial charge is 0.340 e. The molecular formula is C19H28O3. The van der Waals surface area contributed by atoms with E-state index in [2.05, 4.69) is 20.8 Å². The van der Waals surface area contributed by atoms with Gasteiger partial charge in [-0.05, 0) is 36.2 Å². The third-order valence-corrected chi connectivity index (χ3v) is 4.78. The molecular weight excluding hydrogens is 276 g/mol. The van der Waals surface area contributed by atoms with Crippen LogP contribution in [-0.4, -0.2) is 19.2 Å². The summed E-state index contributed by atoms with van der Waals surface area (Å²) in [7, 11) is 1.56. The molecule has 0 N–H and O–H groups in total. The van der Waals surface area contributed by atoms with Crippen LogP contribution in [0.5, 0.6) is 0 Å². The molecule has 1 aliphatic rings. The summed E-state index contributed by atoms with van der Waals surface area (Å²) < 4.78 is 11.3. The van der Waals surface area contributed by atoms with Gasteiger partial charge in [-0.3, -0.25) is 0 Å². The average Bonchev–Trinajstić information content (AvgIpc) is 2.48. The monoisotopic (exact) mass is 304 g/mol. The number of methoxy groups -OCH3 is 1. The van der Waals surface area contributed by atoms with Crippen LogP contribution in [0, 0.1) is 17.8 Å². The highest BCUT2D eigenvalue weighted by molar-refractivity contribution is 5.76. The highest BCUT2D eigenvalue weighted by Crippen LogP contribution is 2.36. The second-order valence-corrected chi connectivity index (χ2v) is 6.83. The molecule has 0 spiro atoms. The molecule has 4 atom stereocenters. The minimum absolute atomic E-state index is 0.0117. The van der Waals surface area contributed by atoms with E-state index in [1.165, 1.54) is 6.42 Å². The maximum absolute atomic E-state index is 12.6. The van der Waals surface area contributed by atoms with E-state index in [0.29, 0.717) is 17.8 Å². The van der Waals surface area contributed by atoms with E-state index in [9.17, 15) is 4.79 Å². The van der Waals surface area contributed by atoms with Gasteiger partial charge < -0.3 is 9.47 Å². The van der Waals surface area contributed by atoms with Crippen LogP contribution in [-0.2, 0) is 14.3 Å². The van der Waals surface area contributed by atoms with Crippen molar-refractivity contribution in [1.82, 2.24) is 0 Å². The van der Waals surface area contributed by atoms with Gasteiger partial charge in [0.2, 0.25) is 0 Å². The zero-order valence-corrected chi connectivity index (χ0v) is 14.1. The molecule has 2 rings (SSSR count). The van der Waals surface area contributed by atoms with Gasteiger partial charge in [0.25, 0.3) is 0 Å². The summed E-state index contributed by atoms with van der Waals surface area (Å²) in [6, 6.07) is 9.55. The molecule has 1 aliphatic carbocycles. The first-order chi connectivity index (χ1) is 10.5. The second-order valence-electron chi connectivity index (χ2n) is 6.83. The van der Waals surface area contributed by atoms with E-state index in [4.69, 9.17) is 9.47 Å².